The van der Waals surface area contributed by atoms with E-state index in [1.807, 2.05) is 19.9 Å². The van der Waals surface area contributed by atoms with Gasteiger partial charge in [0.1, 0.15) is 51.7 Å². The molecule has 0 amide bonds. The second-order valence-corrected chi connectivity index (χ2v) is 13.0. The fraction of sp³-hybridized carbons (Fsp3) is 0.867. The summed E-state index contributed by atoms with van der Waals surface area (Å²) in [5, 5.41) is 44.6. The summed E-state index contributed by atoms with van der Waals surface area (Å²) in [4.78, 5) is 63.9. The van der Waals surface area contributed by atoms with Crippen LogP contribution in [0, 0.1) is 52.3 Å². The van der Waals surface area contributed by atoms with E-state index in [0.29, 0.717) is 25.2 Å². The van der Waals surface area contributed by atoms with Gasteiger partial charge in [0.05, 0.1) is 0 Å². The number of nitrogens with one attached hydrogen (secondary N) is 1. The Morgan fingerprint density at radius 3 is 1.57 bits per heavy atom. The monoisotopic (exact) mass is 694 g/mol. The summed E-state index contributed by atoms with van der Waals surface area (Å²) in [7, 11) is 0. The van der Waals surface area contributed by atoms with Crippen LogP contribution in [0.15, 0.2) is 12.2 Å². The number of hydrogen-bond acceptors (Lipinski definition) is 12. The fourth-order valence-electron chi connectivity index (χ4n) is 4.88. The molecule has 0 bridgehead atoms. The first-order valence-electron chi connectivity index (χ1n) is 16.2. The molecule has 2 fully saturated rings. The van der Waals surface area contributed by atoms with Gasteiger partial charge in [0.25, 0.3) is 0 Å². The lowest BCUT2D eigenvalue weighted by atomic mass is 9.91. The van der Waals surface area contributed by atoms with Gasteiger partial charge in [0.2, 0.25) is 0 Å². The zero-order chi connectivity index (χ0) is 35.5. The van der Waals surface area contributed by atoms with Crippen LogP contribution in [-0.2, 0) is 9.59 Å². The van der Waals surface area contributed by atoms with Crippen molar-refractivity contribution in [3.05, 3.63) is 52.6 Å². The predicted octanol–water partition coefficient (Wildman–Crippen LogP) is 5.51. The predicted molar refractivity (Wildman–Crippen MR) is 180 cm³/mol. The summed E-state index contributed by atoms with van der Waals surface area (Å²) in [6, 6.07) is -0.124. The highest BCUT2D eigenvalue weighted by atomic mass is 35.5. The number of allylic oxidation sites excluding steroid dienone is 2. The van der Waals surface area contributed by atoms with Crippen LogP contribution in [0.4, 0.5) is 0 Å². The number of ketones is 2. The van der Waals surface area contributed by atoms with E-state index in [2.05, 4.69) is 33.0 Å². The van der Waals surface area contributed by atoms with Gasteiger partial charge in [-0.25, -0.2) is 0 Å². The average molecular weight is 695 g/mol. The van der Waals surface area contributed by atoms with Crippen molar-refractivity contribution in [2.24, 2.45) is 11.8 Å². The third-order valence-electron chi connectivity index (χ3n) is 7.73. The molecule has 0 aliphatic carbocycles. The van der Waals surface area contributed by atoms with Gasteiger partial charge in [0.15, 0.2) is 5.78 Å². The lowest BCUT2D eigenvalue weighted by Gasteiger charge is -2.41. The number of halogens is 1. The lowest BCUT2D eigenvalue weighted by molar-refractivity contribution is -0.811. The molecule has 0 radical (unpaired) electrons. The van der Waals surface area contributed by atoms with Crippen LogP contribution >= 0.6 is 12.4 Å². The number of hydrogen-bond donors (Lipinski definition) is 1. The van der Waals surface area contributed by atoms with Gasteiger partial charge in [-0.05, 0) is 37.2 Å². The highest BCUT2D eigenvalue weighted by Gasteiger charge is 2.67. The van der Waals surface area contributed by atoms with Crippen LogP contribution in [0.1, 0.15) is 112 Å². The van der Waals surface area contributed by atoms with Gasteiger partial charge in [-0.1, -0.05) is 79.7 Å². The molecular weight excluding hydrogens is 640 g/mol. The molecule has 0 aromatic rings. The van der Waals surface area contributed by atoms with E-state index >= 15 is 0 Å². The molecule has 2 aliphatic rings. The third kappa shape index (κ3) is 16.0. The molecule has 0 spiro atoms. The Hall–Kier alpha value is -3.11. The Bertz CT molecular complexity index is 1010. The van der Waals surface area contributed by atoms with Crippen LogP contribution < -0.4 is 5.32 Å². The molecule has 47 heavy (non-hydrogen) atoms. The molecule has 272 valence electrons. The molecular formula is C30H55ClN6O10. The van der Waals surface area contributed by atoms with Crippen molar-refractivity contribution >= 4 is 24.0 Å². The SMILES string of the molecule is CCCCC/C=C/C(=O)CC(C)C.CCCCCC(CC(=O)CC(C)C)N1CC([N+](=O)[O-])([N+](=O)[O-])C1.Cl.O=[N+]([O-])C1([N+](=O)[O-])CNC1. The van der Waals surface area contributed by atoms with E-state index in [-0.39, 0.29) is 62.1 Å². The van der Waals surface area contributed by atoms with E-state index in [0.717, 1.165) is 32.1 Å². The zero-order valence-electron chi connectivity index (χ0n) is 28.7. The van der Waals surface area contributed by atoms with Crippen LogP contribution in [0.2, 0.25) is 0 Å². The van der Waals surface area contributed by atoms with Gasteiger partial charge in [-0.2, -0.15) is 0 Å². The minimum atomic E-state index is -2.09. The number of carbonyl (C=O) groups excluding carboxylic acids is 2. The van der Waals surface area contributed by atoms with Crippen LogP contribution in [0.3, 0.4) is 0 Å². The Kier molecular flexibility index (Phi) is 22.8. The number of nitro groups is 4. The molecule has 0 aromatic carbocycles. The topological polar surface area (TPSA) is 222 Å². The van der Waals surface area contributed by atoms with Crippen LogP contribution in [-0.4, -0.2) is 79.7 Å². The molecule has 0 aromatic heterocycles. The summed E-state index contributed by atoms with van der Waals surface area (Å²) in [5.74, 6) is 1.15. The smallest absolute Gasteiger partial charge is 0.300 e. The quantitative estimate of drug-likeness (QED) is 0.0548. The van der Waals surface area contributed by atoms with E-state index < -0.39 is 31.0 Å². The summed E-state index contributed by atoms with van der Waals surface area (Å²) in [6.45, 7) is 11.6. The summed E-state index contributed by atoms with van der Waals surface area (Å²) in [5.41, 5.74) is -4.04. The van der Waals surface area contributed by atoms with Crippen molar-refractivity contribution in [1.29, 1.82) is 0 Å². The minimum Gasteiger partial charge on any atom is -0.300 e. The van der Waals surface area contributed by atoms with Crippen molar-refractivity contribution in [3.63, 3.8) is 0 Å². The van der Waals surface area contributed by atoms with E-state index in [4.69, 9.17) is 0 Å². The second-order valence-electron chi connectivity index (χ2n) is 13.0. The normalized spacial score (nSPS) is 16.7. The van der Waals surface area contributed by atoms with Crippen LogP contribution in [0.25, 0.3) is 0 Å². The fourth-order valence-corrected chi connectivity index (χ4v) is 4.88. The average Bonchev–Trinajstić information content (AvgIpc) is 2.86. The van der Waals surface area contributed by atoms with Gasteiger partial charge in [0, 0.05) is 25.3 Å². The lowest BCUT2D eigenvalue weighted by Crippen LogP contribution is -2.72. The maximum Gasteiger partial charge on any atom is 0.482 e. The van der Waals surface area contributed by atoms with Gasteiger partial charge < -0.3 is 0 Å². The van der Waals surface area contributed by atoms with Crippen molar-refractivity contribution in [1.82, 2.24) is 10.2 Å². The zero-order valence-corrected chi connectivity index (χ0v) is 29.5. The molecule has 2 heterocycles. The number of nitrogens with zero attached hydrogens (tertiary/aromatic N) is 5. The molecule has 2 rings (SSSR count). The third-order valence-corrected chi connectivity index (χ3v) is 7.73. The largest absolute Gasteiger partial charge is 0.482 e. The second kappa shape index (κ2) is 23.3. The molecule has 2 aliphatic heterocycles. The Morgan fingerprint density at radius 2 is 1.21 bits per heavy atom. The molecule has 17 heteroatoms. The van der Waals surface area contributed by atoms with Crippen molar-refractivity contribution < 1.29 is 29.3 Å². The summed E-state index contributed by atoms with van der Waals surface area (Å²) >= 11 is 0. The highest BCUT2D eigenvalue weighted by molar-refractivity contribution is 5.89. The molecule has 1 atom stereocenters. The number of rotatable bonds is 20. The number of Topliss-reactive ketones (excluding diaryl/α,β-unsaturated/α-hetero) is 1. The van der Waals surface area contributed by atoms with Gasteiger partial charge in [-0.15, -0.1) is 12.4 Å². The van der Waals surface area contributed by atoms with Crippen molar-refractivity contribution in [3.8, 4) is 0 Å². The summed E-state index contributed by atoms with van der Waals surface area (Å²) < 4.78 is 0. The standard InChI is InChI=1S/C15H27N3O5.C12H22O.C3H5N3O4.ClH/c1-4-5-6-7-13(9-14(19)8-12(2)3)16-10-15(11-16,17(20)21)18(22)23;1-4-5-6-7-8-9-12(13)10-11(2)3;7-5(8)3(6(9)10)1-4-2-3;/h12-13H,4-11H2,1-3H3;8-9,11H,4-7,10H2,1-3H3;4H,1-2H2;1H/b;9-8+;;. The van der Waals surface area contributed by atoms with E-state index in [9.17, 15) is 50.0 Å². The van der Waals surface area contributed by atoms with Crippen molar-refractivity contribution in [2.45, 2.75) is 130 Å². The molecule has 2 saturated heterocycles. The van der Waals surface area contributed by atoms with E-state index in [1.54, 1.807) is 11.0 Å². The summed E-state index contributed by atoms with van der Waals surface area (Å²) in [6.07, 6.45) is 13.8. The molecule has 16 nitrogen and oxygen atoms in total. The Balaban J connectivity index is 0. The Labute approximate surface area is 283 Å². The molecule has 1 unspecified atom stereocenters. The maximum atomic E-state index is 12.1. The van der Waals surface area contributed by atoms with Gasteiger partial charge in [-0.3, -0.25) is 60.3 Å². The number of unbranched alkanes of at least 4 members (excludes halogenated alkanes) is 5. The van der Waals surface area contributed by atoms with Gasteiger partial charge >= 0.3 is 11.3 Å². The number of carbonyl (C=O) groups is 2. The molecule has 0 saturated carbocycles. The van der Waals surface area contributed by atoms with Crippen molar-refractivity contribution in [2.75, 3.05) is 26.2 Å². The highest BCUT2D eigenvalue weighted by Crippen LogP contribution is 2.30. The first-order chi connectivity index (χ1) is 21.5. The molecule has 1 N–H and O–H groups in total. The number of likely N-dealkylation sites (tertiary alicyclic amines) is 1. The minimum absolute atomic E-state index is 0. The Morgan fingerprint density at radius 1 is 0.745 bits per heavy atom. The first kappa shape index (κ1) is 46.0. The first-order valence-corrected chi connectivity index (χ1v) is 16.2. The van der Waals surface area contributed by atoms with Crippen LogP contribution in [0.5, 0.6) is 0 Å². The maximum absolute atomic E-state index is 12.1. The van der Waals surface area contributed by atoms with E-state index in [1.165, 1.54) is 19.3 Å².